The number of nitrogens with one attached hydrogen (secondary N) is 1. The van der Waals surface area contributed by atoms with E-state index in [1.807, 2.05) is 37.3 Å². The van der Waals surface area contributed by atoms with Gasteiger partial charge in [0.2, 0.25) is 5.91 Å². The van der Waals surface area contributed by atoms with Crippen LogP contribution in [0.1, 0.15) is 13.8 Å². The van der Waals surface area contributed by atoms with Gasteiger partial charge in [-0.3, -0.25) is 4.79 Å². The third-order valence-corrected chi connectivity index (χ3v) is 3.08. The van der Waals surface area contributed by atoms with E-state index in [2.05, 4.69) is 15.5 Å². The number of carbonyl (C=O) groups is 1. The monoisotopic (exact) mass is 296 g/mol. The van der Waals surface area contributed by atoms with E-state index in [4.69, 9.17) is 4.74 Å². The molecule has 1 aromatic heterocycles. The molecule has 0 atom stereocenters. The van der Waals surface area contributed by atoms with Crippen molar-refractivity contribution in [2.45, 2.75) is 13.8 Å². The van der Waals surface area contributed by atoms with Gasteiger partial charge in [0.15, 0.2) is 0 Å². The molecule has 0 saturated heterocycles. The number of hydrogen-bond donors (Lipinski definition) is 1. The minimum atomic E-state index is -0.113. The van der Waals surface area contributed by atoms with Crippen LogP contribution in [0.15, 0.2) is 42.5 Å². The van der Waals surface area contributed by atoms with E-state index in [9.17, 15) is 4.79 Å². The number of aromatic nitrogens is 3. The Kier molecular flexibility index (Phi) is 3.74. The van der Waals surface area contributed by atoms with Gasteiger partial charge in [-0.25, -0.2) is 0 Å². The van der Waals surface area contributed by atoms with E-state index in [1.54, 1.807) is 16.9 Å². The van der Waals surface area contributed by atoms with E-state index in [-0.39, 0.29) is 5.91 Å². The maximum Gasteiger partial charge on any atom is 0.221 e. The van der Waals surface area contributed by atoms with Gasteiger partial charge < -0.3 is 10.1 Å². The molecule has 0 aliphatic heterocycles. The number of benzene rings is 2. The summed E-state index contributed by atoms with van der Waals surface area (Å²) in [5.74, 6) is 0.703. The number of hydrogen-bond acceptors (Lipinski definition) is 4. The maximum atomic E-state index is 11.1. The Labute approximate surface area is 127 Å². The van der Waals surface area contributed by atoms with Crippen molar-refractivity contribution < 1.29 is 9.53 Å². The normalized spacial score (nSPS) is 10.6. The van der Waals surface area contributed by atoms with E-state index >= 15 is 0 Å². The molecule has 1 N–H and O–H groups in total. The van der Waals surface area contributed by atoms with Crippen LogP contribution in [-0.2, 0) is 4.79 Å². The molecule has 2 aromatic carbocycles. The second-order valence-corrected chi connectivity index (χ2v) is 4.80. The lowest BCUT2D eigenvalue weighted by Gasteiger charge is -2.03. The van der Waals surface area contributed by atoms with Gasteiger partial charge in [-0.15, -0.1) is 10.2 Å². The third kappa shape index (κ3) is 2.90. The van der Waals surface area contributed by atoms with Gasteiger partial charge in [-0.1, -0.05) is 0 Å². The summed E-state index contributed by atoms with van der Waals surface area (Å²) in [6.07, 6.45) is 0. The molecule has 3 rings (SSSR count). The molecule has 6 nitrogen and oxygen atoms in total. The van der Waals surface area contributed by atoms with Crippen LogP contribution in [0, 0.1) is 0 Å². The highest BCUT2D eigenvalue weighted by Crippen LogP contribution is 2.19. The molecule has 1 amide bonds. The van der Waals surface area contributed by atoms with Crippen molar-refractivity contribution in [3.05, 3.63) is 42.5 Å². The van der Waals surface area contributed by atoms with Crippen LogP contribution in [0.5, 0.6) is 5.75 Å². The smallest absolute Gasteiger partial charge is 0.221 e. The molecule has 3 aromatic rings. The Balaban J connectivity index is 1.92. The molecule has 0 saturated carbocycles. The second kappa shape index (κ2) is 5.85. The standard InChI is InChI=1S/C16H16N4O2/c1-3-22-14-7-5-13(6-8-14)20-18-15-9-4-12(17-11(2)21)10-16(15)19-20/h4-10H,3H2,1-2H3,(H,17,21). The molecule has 0 bridgehead atoms. The van der Waals surface area contributed by atoms with E-state index in [0.29, 0.717) is 12.3 Å². The summed E-state index contributed by atoms with van der Waals surface area (Å²) in [5.41, 5.74) is 3.04. The fourth-order valence-corrected chi connectivity index (χ4v) is 2.15. The fraction of sp³-hybridized carbons (Fsp3) is 0.188. The molecule has 0 unspecified atom stereocenters. The number of ether oxygens (including phenoxy) is 1. The quantitative estimate of drug-likeness (QED) is 0.803. The number of carbonyl (C=O) groups excluding carboxylic acids is 1. The van der Waals surface area contributed by atoms with Crippen molar-refractivity contribution in [2.24, 2.45) is 0 Å². The third-order valence-electron chi connectivity index (χ3n) is 3.08. The predicted molar refractivity (Wildman–Crippen MR) is 84.3 cm³/mol. The molecular weight excluding hydrogens is 280 g/mol. The molecule has 112 valence electrons. The number of anilines is 1. The van der Waals surface area contributed by atoms with Crippen molar-refractivity contribution >= 4 is 22.6 Å². The van der Waals surface area contributed by atoms with E-state index in [1.165, 1.54) is 6.92 Å². The zero-order valence-electron chi connectivity index (χ0n) is 12.4. The van der Waals surface area contributed by atoms with Gasteiger partial charge in [0.1, 0.15) is 16.8 Å². The van der Waals surface area contributed by atoms with Crippen LogP contribution in [0.3, 0.4) is 0 Å². The van der Waals surface area contributed by atoms with Crippen LogP contribution in [-0.4, -0.2) is 27.5 Å². The van der Waals surface area contributed by atoms with Crippen LogP contribution in [0.25, 0.3) is 16.7 Å². The summed E-state index contributed by atoms with van der Waals surface area (Å²) in [7, 11) is 0. The molecular formula is C16H16N4O2. The molecule has 0 radical (unpaired) electrons. The highest BCUT2D eigenvalue weighted by molar-refractivity contribution is 5.91. The predicted octanol–water partition coefficient (Wildman–Crippen LogP) is 2.78. The Morgan fingerprint density at radius 1 is 1.14 bits per heavy atom. The van der Waals surface area contributed by atoms with Gasteiger partial charge in [0.25, 0.3) is 0 Å². The van der Waals surface area contributed by atoms with Crippen LogP contribution < -0.4 is 10.1 Å². The van der Waals surface area contributed by atoms with Crippen LogP contribution in [0.2, 0.25) is 0 Å². The van der Waals surface area contributed by atoms with Crippen molar-refractivity contribution in [1.82, 2.24) is 15.0 Å². The minimum Gasteiger partial charge on any atom is -0.494 e. The summed E-state index contributed by atoms with van der Waals surface area (Å²) in [6.45, 7) is 4.05. The Bertz CT molecular complexity index is 809. The number of nitrogens with zero attached hydrogens (tertiary/aromatic N) is 3. The molecule has 0 fully saturated rings. The van der Waals surface area contributed by atoms with Crippen molar-refractivity contribution in [3.8, 4) is 11.4 Å². The second-order valence-electron chi connectivity index (χ2n) is 4.80. The first kappa shape index (κ1) is 14.1. The van der Waals surface area contributed by atoms with Gasteiger partial charge >= 0.3 is 0 Å². The number of fused-ring (bicyclic) bond motifs is 1. The van der Waals surface area contributed by atoms with Gasteiger partial charge in [0.05, 0.1) is 12.3 Å². The summed E-state index contributed by atoms with van der Waals surface area (Å²) >= 11 is 0. The lowest BCUT2D eigenvalue weighted by atomic mass is 10.3. The van der Waals surface area contributed by atoms with Crippen LogP contribution >= 0.6 is 0 Å². The summed E-state index contributed by atoms with van der Waals surface area (Å²) < 4.78 is 5.42. The average Bonchev–Trinajstić information content (AvgIpc) is 2.91. The first-order chi connectivity index (χ1) is 10.7. The zero-order valence-corrected chi connectivity index (χ0v) is 12.4. The topological polar surface area (TPSA) is 69.0 Å². The van der Waals surface area contributed by atoms with Gasteiger partial charge in [-0.2, -0.15) is 4.80 Å². The minimum absolute atomic E-state index is 0.113. The molecule has 0 spiro atoms. The Morgan fingerprint density at radius 3 is 2.55 bits per heavy atom. The summed E-state index contributed by atoms with van der Waals surface area (Å²) in [6, 6.07) is 13.0. The van der Waals surface area contributed by atoms with Crippen LogP contribution in [0.4, 0.5) is 5.69 Å². The van der Waals surface area contributed by atoms with Crippen molar-refractivity contribution in [2.75, 3.05) is 11.9 Å². The highest BCUT2D eigenvalue weighted by atomic mass is 16.5. The molecule has 0 aliphatic rings. The van der Waals surface area contributed by atoms with Crippen molar-refractivity contribution in [1.29, 1.82) is 0 Å². The lowest BCUT2D eigenvalue weighted by Crippen LogP contribution is -2.05. The SMILES string of the molecule is CCOc1ccc(-n2nc3ccc(NC(C)=O)cc3n2)cc1. The first-order valence-corrected chi connectivity index (χ1v) is 7.03. The Morgan fingerprint density at radius 2 is 1.86 bits per heavy atom. The highest BCUT2D eigenvalue weighted by Gasteiger charge is 2.06. The fourth-order valence-electron chi connectivity index (χ4n) is 2.15. The lowest BCUT2D eigenvalue weighted by molar-refractivity contribution is -0.114. The largest absolute Gasteiger partial charge is 0.494 e. The number of rotatable bonds is 4. The maximum absolute atomic E-state index is 11.1. The summed E-state index contributed by atoms with van der Waals surface area (Å²) in [4.78, 5) is 12.7. The molecule has 6 heteroatoms. The van der Waals surface area contributed by atoms with E-state index < -0.39 is 0 Å². The van der Waals surface area contributed by atoms with Gasteiger partial charge in [0, 0.05) is 12.6 Å². The molecule has 0 aliphatic carbocycles. The number of amides is 1. The van der Waals surface area contributed by atoms with Gasteiger partial charge in [-0.05, 0) is 49.4 Å². The van der Waals surface area contributed by atoms with E-state index in [0.717, 1.165) is 22.5 Å². The zero-order chi connectivity index (χ0) is 15.5. The van der Waals surface area contributed by atoms with Crippen molar-refractivity contribution in [3.63, 3.8) is 0 Å². The molecule has 1 heterocycles. The summed E-state index contributed by atoms with van der Waals surface area (Å²) in [5, 5.41) is 11.6. The molecule has 22 heavy (non-hydrogen) atoms. The average molecular weight is 296 g/mol. The Hall–Kier alpha value is -2.89. The first-order valence-electron chi connectivity index (χ1n) is 7.03.